The molecule has 1 N–H and O–H groups in total. The van der Waals surface area contributed by atoms with Crippen molar-refractivity contribution in [2.45, 2.75) is 25.4 Å². The van der Waals surface area contributed by atoms with Gasteiger partial charge in [-0.1, -0.05) is 13.0 Å². The van der Waals surface area contributed by atoms with E-state index in [1.807, 2.05) is 17.5 Å². The van der Waals surface area contributed by atoms with E-state index in [0.29, 0.717) is 0 Å². The molecule has 0 spiro atoms. The van der Waals surface area contributed by atoms with Crippen molar-refractivity contribution in [3.8, 4) is 0 Å². The molecule has 0 bridgehead atoms. The van der Waals surface area contributed by atoms with E-state index in [9.17, 15) is 13.2 Å². The lowest BCUT2D eigenvalue weighted by molar-refractivity contribution is 0.0521. The smallest absolute Gasteiger partial charge is 0.342 e. The van der Waals surface area contributed by atoms with Gasteiger partial charge in [-0.15, -0.1) is 11.3 Å². The Morgan fingerprint density at radius 1 is 1.45 bits per heavy atom. The summed E-state index contributed by atoms with van der Waals surface area (Å²) in [5.74, 6) is -0.706. The Labute approximate surface area is 133 Å². The molecule has 120 valence electrons. The summed E-state index contributed by atoms with van der Waals surface area (Å²) in [5, 5.41) is 7.73. The lowest BCUT2D eigenvalue weighted by Gasteiger charge is -2.19. The molecule has 0 aliphatic carbocycles. The molecule has 0 aliphatic rings. The van der Waals surface area contributed by atoms with Gasteiger partial charge >= 0.3 is 5.97 Å². The summed E-state index contributed by atoms with van der Waals surface area (Å²) in [6.07, 6.45) is 1.17. The number of aromatic nitrogens is 2. The number of hydrogen-bond donors (Lipinski definition) is 1. The van der Waals surface area contributed by atoms with Gasteiger partial charge in [-0.05, 0) is 18.4 Å². The van der Waals surface area contributed by atoms with Crippen LogP contribution in [-0.4, -0.2) is 42.0 Å². The Bertz CT molecular complexity index is 722. The van der Waals surface area contributed by atoms with E-state index in [2.05, 4.69) is 10.2 Å². The molecule has 2 rings (SSSR count). The standard InChI is InChI=1S/C13H17N3O4S2/c1-3-16(9-10-6-5-7-21-10)22(18,19)12-11(8-14-15-12)13(17)20-4-2/h5-8H,3-4,9H2,1-2H3,(H,14,15). The molecule has 0 radical (unpaired) electrons. The fourth-order valence-electron chi connectivity index (χ4n) is 1.90. The molecule has 2 heterocycles. The molecule has 0 saturated heterocycles. The highest BCUT2D eigenvalue weighted by molar-refractivity contribution is 7.89. The van der Waals surface area contributed by atoms with Crippen LogP contribution in [0.15, 0.2) is 28.7 Å². The van der Waals surface area contributed by atoms with Crippen molar-refractivity contribution in [3.63, 3.8) is 0 Å². The highest BCUT2D eigenvalue weighted by atomic mass is 32.2. The maximum Gasteiger partial charge on any atom is 0.342 e. The highest BCUT2D eigenvalue weighted by Gasteiger charge is 2.31. The number of carbonyl (C=O) groups is 1. The maximum absolute atomic E-state index is 12.7. The number of nitrogens with one attached hydrogen (secondary N) is 1. The van der Waals surface area contributed by atoms with Crippen molar-refractivity contribution in [2.24, 2.45) is 0 Å². The van der Waals surface area contributed by atoms with Crippen LogP contribution in [-0.2, 0) is 21.3 Å². The zero-order chi connectivity index (χ0) is 16.2. The first-order valence-electron chi connectivity index (χ1n) is 6.73. The largest absolute Gasteiger partial charge is 0.462 e. The van der Waals surface area contributed by atoms with E-state index in [0.717, 1.165) is 4.88 Å². The normalized spacial score (nSPS) is 11.8. The lowest BCUT2D eigenvalue weighted by Crippen LogP contribution is -2.31. The third-order valence-corrected chi connectivity index (χ3v) is 5.72. The van der Waals surface area contributed by atoms with E-state index < -0.39 is 16.0 Å². The topological polar surface area (TPSA) is 92.4 Å². The monoisotopic (exact) mass is 343 g/mol. The molecular weight excluding hydrogens is 326 g/mol. The zero-order valence-corrected chi connectivity index (χ0v) is 13.9. The number of esters is 1. The quantitative estimate of drug-likeness (QED) is 0.775. The van der Waals surface area contributed by atoms with Crippen molar-refractivity contribution in [3.05, 3.63) is 34.2 Å². The fourth-order valence-corrected chi connectivity index (χ4v) is 4.19. The van der Waals surface area contributed by atoms with Gasteiger partial charge in [-0.25, -0.2) is 13.2 Å². The van der Waals surface area contributed by atoms with Crippen LogP contribution in [0.5, 0.6) is 0 Å². The summed E-state index contributed by atoms with van der Waals surface area (Å²) in [7, 11) is -3.86. The summed E-state index contributed by atoms with van der Waals surface area (Å²) in [5.41, 5.74) is -0.0773. The molecule has 0 aromatic carbocycles. The number of aromatic amines is 1. The number of hydrogen-bond acceptors (Lipinski definition) is 6. The second kappa shape index (κ2) is 7.03. The SMILES string of the molecule is CCOC(=O)c1cn[nH]c1S(=O)(=O)N(CC)Cc1cccs1. The molecule has 2 aromatic heterocycles. The van der Waals surface area contributed by atoms with Crippen molar-refractivity contribution in [2.75, 3.05) is 13.2 Å². The summed E-state index contributed by atoms with van der Waals surface area (Å²) in [6.45, 7) is 4.09. The van der Waals surface area contributed by atoms with Crippen molar-refractivity contribution in [1.82, 2.24) is 14.5 Å². The number of nitrogens with zero attached hydrogens (tertiary/aromatic N) is 2. The molecule has 0 fully saturated rings. The van der Waals surface area contributed by atoms with Gasteiger partial charge in [0.15, 0.2) is 5.03 Å². The molecule has 9 heteroatoms. The van der Waals surface area contributed by atoms with Crippen LogP contribution in [0.25, 0.3) is 0 Å². The molecule has 0 unspecified atom stereocenters. The second-order valence-corrected chi connectivity index (χ2v) is 7.25. The summed E-state index contributed by atoms with van der Waals surface area (Å²) in [4.78, 5) is 12.8. The van der Waals surface area contributed by atoms with Crippen molar-refractivity contribution >= 4 is 27.3 Å². The summed E-state index contributed by atoms with van der Waals surface area (Å²) in [6, 6.07) is 3.72. The molecule has 0 saturated carbocycles. The van der Waals surface area contributed by atoms with Gasteiger partial charge < -0.3 is 4.74 Å². The fraction of sp³-hybridized carbons (Fsp3) is 0.385. The third-order valence-electron chi connectivity index (χ3n) is 2.96. The van der Waals surface area contributed by atoms with Gasteiger partial charge in [0.05, 0.1) is 12.8 Å². The molecule has 0 atom stereocenters. The Balaban J connectivity index is 2.33. The van der Waals surface area contributed by atoms with Crippen molar-refractivity contribution < 1.29 is 17.9 Å². The summed E-state index contributed by atoms with van der Waals surface area (Å²) < 4.78 is 31.6. The third kappa shape index (κ3) is 3.37. The molecule has 22 heavy (non-hydrogen) atoms. The van der Waals surface area contributed by atoms with Gasteiger partial charge in [-0.2, -0.15) is 9.40 Å². The minimum atomic E-state index is -3.86. The van der Waals surface area contributed by atoms with Gasteiger partial charge in [0, 0.05) is 18.0 Å². The first-order valence-corrected chi connectivity index (χ1v) is 9.05. The minimum absolute atomic E-state index is 0.0773. The number of thiophene rings is 1. The van der Waals surface area contributed by atoms with E-state index in [1.54, 1.807) is 13.8 Å². The first kappa shape index (κ1) is 16.7. The average molecular weight is 343 g/mol. The molecule has 0 amide bonds. The van der Waals surface area contributed by atoms with E-state index in [4.69, 9.17) is 4.74 Å². The van der Waals surface area contributed by atoms with Crippen molar-refractivity contribution in [1.29, 1.82) is 0 Å². The predicted octanol–water partition coefficient (Wildman–Crippen LogP) is 1.86. The number of sulfonamides is 1. The number of rotatable bonds is 7. The second-order valence-electron chi connectivity index (χ2n) is 4.34. The average Bonchev–Trinajstić information content (AvgIpc) is 3.16. The van der Waals surface area contributed by atoms with Crippen LogP contribution in [0.4, 0.5) is 0 Å². The van der Waals surface area contributed by atoms with Gasteiger partial charge in [-0.3, -0.25) is 5.10 Å². The number of H-pyrrole nitrogens is 1. The van der Waals surface area contributed by atoms with Crippen LogP contribution >= 0.6 is 11.3 Å². The van der Waals surface area contributed by atoms with Crippen LogP contribution in [0.3, 0.4) is 0 Å². The Kier molecular flexibility index (Phi) is 5.33. The number of carbonyl (C=O) groups excluding carboxylic acids is 1. The Morgan fingerprint density at radius 2 is 2.23 bits per heavy atom. The Hall–Kier alpha value is -1.71. The molecule has 7 nitrogen and oxygen atoms in total. The predicted molar refractivity (Wildman–Crippen MR) is 82.1 cm³/mol. The van der Waals surface area contributed by atoms with Gasteiger partial charge in [0.2, 0.25) is 0 Å². The molecular formula is C13H17N3O4S2. The molecule has 2 aromatic rings. The Morgan fingerprint density at radius 3 is 2.82 bits per heavy atom. The molecule has 0 aliphatic heterocycles. The lowest BCUT2D eigenvalue weighted by atomic mass is 10.4. The van der Waals surface area contributed by atoms with E-state index >= 15 is 0 Å². The van der Waals surface area contributed by atoms with Gasteiger partial charge in [0.25, 0.3) is 10.0 Å². The van der Waals surface area contributed by atoms with Crippen LogP contribution in [0.1, 0.15) is 29.1 Å². The highest BCUT2D eigenvalue weighted by Crippen LogP contribution is 2.21. The zero-order valence-electron chi connectivity index (χ0n) is 12.3. The summed E-state index contributed by atoms with van der Waals surface area (Å²) >= 11 is 1.48. The first-order chi connectivity index (χ1) is 10.5. The van der Waals surface area contributed by atoms with Crippen LogP contribution < -0.4 is 0 Å². The maximum atomic E-state index is 12.7. The van der Waals surface area contributed by atoms with Crippen LogP contribution in [0.2, 0.25) is 0 Å². The van der Waals surface area contributed by atoms with Gasteiger partial charge in [0.1, 0.15) is 5.56 Å². The minimum Gasteiger partial charge on any atom is -0.462 e. The van der Waals surface area contributed by atoms with Crippen LogP contribution in [0, 0.1) is 0 Å². The number of ether oxygens (including phenoxy) is 1. The van der Waals surface area contributed by atoms with E-state index in [-0.39, 0.29) is 30.3 Å². The van der Waals surface area contributed by atoms with E-state index in [1.165, 1.54) is 21.8 Å².